The second-order valence-corrected chi connectivity index (χ2v) is 9.06. The van der Waals surface area contributed by atoms with E-state index >= 15 is 0 Å². The van der Waals surface area contributed by atoms with E-state index in [0.717, 1.165) is 18.4 Å². The molecule has 158 valence electrons. The number of hydrogen-bond donors (Lipinski definition) is 0. The summed E-state index contributed by atoms with van der Waals surface area (Å²) < 4.78 is 36.5. The molecule has 0 aliphatic carbocycles. The number of methoxy groups -OCH3 is 1. The van der Waals surface area contributed by atoms with Gasteiger partial charge in [-0.25, -0.2) is 8.42 Å². The number of ether oxygens (including phenoxy) is 2. The molecule has 1 heterocycles. The smallest absolute Gasteiger partial charge is 0.241 e. The van der Waals surface area contributed by atoms with Gasteiger partial charge in [-0.2, -0.15) is 4.31 Å². The van der Waals surface area contributed by atoms with Gasteiger partial charge in [-0.1, -0.05) is 19.9 Å². The number of benzene rings is 1. The Kier molecular flexibility index (Phi) is 8.12. The lowest BCUT2D eigenvalue weighted by Gasteiger charge is -2.29. The SMILES string of the molecule is CCCOc1ccc(CN(CCC)C(=O)C2CCCN2S(C)(=O)=O)cc1OC. The second-order valence-electron chi connectivity index (χ2n) is 7.13. The van der Waals surface area contributed by atoms with Crippen molar-refractivity contribution >= 4 is 15.9 Å². The van der Waals surface area contributed by atoms with Gasteiger partial charge in [-0.05, 0) is 43.4 Å². The summed E-state index contributed by atoms with van der Waals surface area (Å²) in [4.78, 5) is 14.9. The molecular weight excluding hydrogens is 380 g/mol. The summed E-state index contributed by atoms with van der Waals surface area (Å²) >= 11 is 0. The lowest BCUT2D eigenvalue weighted by atomic mass is 10.1. The Morgan fingerprint density at radius 2 is 2.00 bits per heavy atom. The van der Waals surface area contributed by atoms with Gasteiger partial charge in [0.15, 0.2) is 11.5 Å². The highest BCUT2D eigenvalue weighted by Gasteiger charge is 2.38. The van der Waals surface area contributed by atoms with E-state index in [2.05, 4.69) is 0 Å². The van der Waals surface area contributed by atoms with E-state index in [0.29, 0.717) is 50.6 Å². The quantitative estimate of drug-likeness (QED) is 0.590. The average Bonchev–Trinajstić information content (AvgIpc) is 3.16. The highest BCUT2D eigenvalue weighted by molar-refractivity contribution is 7.88. The normalized spacial score (nSPS) is 17.5. The molecule has 0 saturated carbocycles. The Morgan fingerprint density at radius 1 is 1.25 bits per heavy atom. The van der Waals surface area contributed by atoms with Crippen molar-refractivity contribution in [2.45, 2.75) is 52.1 Å². The number of amides is 1. The number of rotatable bonds is 10. The van der Waals surface area contributed by atoms with Crippen LogP contribution in [0.15, 0.2) is 18.2 Å². The highest BCUT2D eigenvalue weighted by atomic mass is 32.2. The first-order valence-electron chi connectivity index (χ1n) is 9.87. The summed E-state index contributed by atoms with van der Waals surface area (Å²) in [6.07, 6.45) is 4.15. The van der Waals surface area contributed by atoms with Crippen LogP contribution in [0.4, 0.5) is 0 Å². The van der Waals surface area contributed by atoms with E-state index in [1.165, 1.54) is 10.6 Å². The maximum absolute atomic E-state index is 13.1. The van der Waals surface area contributed by atoms with Crippen molar-refractivity contribution in [3.05, 3.63) is 23.8 Å². The fourth-order valence-corrected chi connectivity index (χ4v) is 4.61. The molecule has 1 aliphatic rings. The zero-order valence-corrected chi connectivity index (χ0v) is 18.1. The van der Waals surface area contributed by atoms with Crippen LogP contribution in [0.5, 0.6) is 11.5 Å². The van der Waals surface area contributed by atoms with E-state index in [-0.39, 0.29) is 5.91 Å². The van der Waals surface area contributed by atoms with Crippen LogP contribution < -0.4 is 9.47 Å². The van der Waals surface area contributed by atoms with E-state index in [1.807, 2.05) is 32.0 Å². The standard InChI is InChI=1S/C20H32N2O5S/c1-5-11-21(20(23)17-8-7-12-22(17)28(4,24)25)15-16-9-10-18(27-13-6-2)19(14-16)26-3/h9-10,14,17H,5-8,11-13,15H2,1-4H3. The molecule has 0 aromatic heterocycles. The molecule has 2 rings (SSSR count). The van der Waals surface area contributed by atoms with Gasteiger partial charge in [0.1, 0.15) is 6.04 Å². The number of hydrogen-bond acceptors (Lipinski definition) is 5. The van der Waals surface area contributed by atoms with Crippen LogP contribution in [0.3, 0.4) is 0 Å². The zero-order valence-electron chi connectivity index (χ0n) is 17.3. The fourth-order valence-electron chi connectivity index (χ4n) is 3.49. The minimum absolute atomic E-state index is 0.130. The number of sulfonamides is 1. The third-order valence-electron chi connectivity index (χ3n) is 4.78. The predicted octanol–water partition coefficient (Wildman–Crippen LogP) is 2.65. The summed E-state index contributed by atoms with van der Waals surface area (Å²) in [5.41, 5.74) is 0.923. The maximum Gasteiger partial charge on any atom is 0.241 e. The van der Waals surface area contributed by atoms with Crippen molar-refractivity contribution in [2.75, 3.05) is 33.1 Å². The molecule has 8 heteroatoms. The van der Waals surface area contributed by atoms with Gasteiger partial charge in [0.25, 0.3) is 0 Å². The number of carbonyl (C=O) groups is 1. The fraction of sp³-hybridized carbons (Fsp3) is 0.650. The molecule has 1 aromatic carbocycles. The van der Waals surface area contributed by atoms with Crippen LogP contribution in [0.25, 0.3) is 0 Å². The van der Waals surface area contributed by atoms with Gasteiger partial charge >= 0.3 is 0 Å². The van der Waals surface area contributed by atoms with Crippen LogP contribution >= 0.6 is 0 Å². The Labute approximate surface area is 168 Å². The lowest BCUT2D eigenvalue weighted by Crippen LogP contribution is -2.47. The van der Waals surface area contributed by atoms with Crippen LogP contribution in [0, 0.1) is 0 Å². The van der Waals surface area contributed by atoms with E-state index in [9.17, 15) is 13.2 Å². The Hall–Kier alpha value is -1.80. The van der Waals surface area contributed by atoms with Crippen molar-refractivity contribution in [3.8, 4) is 11.5 Å². The molecule has 1 atom stereocenters. The molecule has 0 N–H and O–H groups in total. The van der Waals surface area contributed by atoms with Crippen molar-refractivity contribution in [1.82, 2.24) is 9.21 Å². The van der Waals surface area contributed by atoms with E-state index in [1.54, 1.807) is 12.0 Å². The summed E-state index contributed by atoms with van der Waals surface area (Å²) in [7, 11) is -1.80. The summed E-state index contributed by atoms with van der Waals surface area (Å²) in [5, 5.41) is 0. The van der Waals surface area contributed by atoms with Crippen LogP contribution in [-0.2, 0) is 21.4 Å². The van der Waals surface area contributed by atoms with Crippen LogP contribution in [0.1, 0.15) is 45.1 Å². The Bertz CT molecular complexity index is 766. The van der Waals surface area contributed by atoms with Crippen molar-refractivity contribution in [2.24, 2.45) is 0 Å². The van der Waals surface area contributed by atoms with E-state index < -0.39 is 16.1 Å². The van der Waals surface area contributed by atoms with Crippen molar-refractivity contribution in [3.63, 3.8) is 0 Å². The summed E-state index contributed by atoms with van der Waals surface area (Å²) in [6, 6.07) is 5.06. The van der Waals surface area contributed by atoms with Gasteiger partial charge < -0.3 is 14.4 Å². The summed E-state index contributed by atoms with van der Waals surface area (Å²) in [5.74, 6) is 1.18. The molecule has 0 spiro atoms. The average molecular weight is 413 g/mol. The number of nitrogens with zero attached hydrogens (tertiary/aromatic N) is 2. The largest absolute Gasteiger partial charge is 0.493 e. The minimum Gasteiger partial charge on any atom is -0.493 e. The monoisotopic (exact) mass is 412 g/mol. The highest BCUT2D eigenvalue weighted by Crippen LogP contribution is 2.29. The molecule has 0 radical (unpaired) electrons. The molecule has 1 fully saturated rings. The van der Waals surface area contributed by atoms with Gasteiger partial charge in [0, 0.05) is 19.6 Å². The minimum atomic E-state index is -3.39. The van der Waals surface area contributed by atoms with Gasteiger partial charge in [0.05, 0.1) is 20.0 Å². The lowest BCUT2D eigenvalue weighted by molar-refractivity contribution is -0.135. The first-order valence-corrected chi connectivity index (χ1v) is 11.7. The Balaban J connectivity index is 2.19. The Morgan fingerprint density at radius 3 is 2.61 bits per heavy atom. The van der Waals surface area contributed by atoms with Crippen LogP contribution in [0.2, 0.25) is 0 Å². The first-order chi connectivity index (χ1) is 13.3. The van der Waals surface area contributed by atoms with Crippen molar-refractivity contribution < 1.29 is 22.7 Å². The third-order valence-corrected chi connectivity index (χ3v) is 6.07. The molecule has 1 unspecified atom stereocenters. The number of carbonyl (C=O) groups excluding carboxylic acids is 1. The maximum atomic E-state index is 13.1. The predicted molar refractivity (Wildman–Crippen MR) is 109 cm³/mol. The van der Waals surface area contributed by atoms with Gasteiger partial charge in [-0.15, -0.1) is 0 Å². The topological polar surface area (TPSA) is 76.2 Å². The summed E-state index contributed by atoms with van der Waals surface area (Å²) in [6.45, 7) is 6.05. The molecule has 0 bridgehead atoms. The molecule has 28 heavy (non-hydrogen) atoms. The second kappa shape index (κ2) is 10.1. The van der Waals surface area contributed by atoms with Crippen LogP contribution in [-0.4, -0.2) is 62.6 Å². The molecule has 1 amide bonds. The molecule has 1 saturated heterocycles. The molecular formula is C20H32N2O5S. The molecule has 7 nitrogen and oxygen atoms in total. The van der Waals surface area contributed by atoms with Gasteiger partial charge in [-0.3, -0.25) is 4.79 Å². The molecule has 1 aliphatic heterocycles. The van der Waals surface area contributed by atoms with E-state index in [4.69, 9.17) is 9.47 Å². The first kappa shape index (κ1) is 22.5. The third kappa shape index (κ3) is 5.61. The molecule has 1 aromatic rings. The zero-order chi connectivity index (χ0) is 20.7. The van der Waals surface area contributed by atoms with Gasteiger partial charge in [0.2, 0.25) is 15.9 Å². The van der Waals surface area contributed by atoms with Crippen molar-refractivity contribution in [1.29, 1.82) is 0 Å².